The number of carbonyl (C=O) groups excluding carboxylic acids is 2. The molecule has 0 unspecified atom stereocenters. The number of benzene rings is 1. The Kier molecular flexibility index (Phi) is 7.64. The molecule has 1 aliphatic rings. The summed E-state index contributed by atoms with van der Waals surface area (Å²) in [7, 11) is 0. The zero-order valence-electron chi connectivity index (χ0n) is 14.6. The molecule has 11 nitrogen and oxygen atoms in total. The first kappa shape index (κ1) is 20.3. The second-order valence-corrected chi connectivity index (χ2v) is 5.76. The van der Waals surface area contributed by atoms with Gasteiger partial charge in [-0.05, 0) is 19.0 Å². The van der Waals surface area contributed by atoms with Gasteiger partial charge in [0.1, 0.15) is 5.75 Å². The van der Waals surface area contributed by atoms with Crippen molar-refractivity contribution in [2.24, 2.45) is 5.10 Å². The van der Waals surface area contributed by atoms with Crippen LogP contribution in [-0.2, 0) is 14.3 Å². The fourth-order valence-corrected chi connectivity index (χ4v) is 2.38. The molecule has 1 saturated heterocycles. The number of phenolic OH excluding ortho intramolecular Hbond substituents is 1. The molecule has 1 fully saturated rings. The number of carbonyl (C=O) groups is 2. The molecule has 0 spiro atoms. The van der Waals surface area contributed by atoms with Crippen LogP contribution >= 0.6 is 0 Å². The molecule has 0 bridgehead atoms. The third-order valence-electron chi connectivity index (χ3n) is 3.84. The molecule has 2 amide bonds. The van der Waals surface area contributed by atoms with Gasteiger partial charge in [0.25, 0.3) is 5.69 Å². The predicted octanol–water partition coefficient (Wildman–Crippen LogP) is -0.411. The Morgan fingerprint density at radius 1 is 1.33 bits per heavy atom. The molecule has 11 heteroatoms. The Hall–Kier alpha value is -3.05. The van der Waals surface area contributed by atoms with Gasteiger partial charge < -0.3 is 15.2 Å². The average Bonchev–Trinajstić information content (AvgIpc) is 2.67. The Bertz CT molecular complexity index is 717. The van der Waals surface area contributed by atoms with Crippen molar-refractivity contribution in [1.29, 1.82) is 0 Å². The summed E-state index contributed by atoms with van der Waals surface area (Å²) >= 11 is 0. The highest BCUT2D eigenvalue weighted by Crippen LogP contribution is 2.21. The van der Waals surface area contributed by atoms with Crippen LogP contribution in [0.2, 0.25) is 0 Å². The van der Waals surface area contributed by atoms with Crippen molar-refractivity contribution in [3.8, 4) is 5.75 Å². The molecule has 0 aromatic heterocycles. The van der Waals surface area contributed by atoms with Crippen molar-refractivity contribution in [3.05, 3.63) is 33.9 Å². The number of ether oxygens (including phenoxy) is 1. The number of rotatable bonds is 7. The first-order valence-corrected chi connectivity index (χ1v) is 8.36. The number of nitro groups is 1. The highest BCUT2D eigenvalue weighted by atomic mass is 16.6. The van der Waals surface area contributed by atoms with E-state index in [1.807, 2.05) is 5.43 Å². The van der Waals surface area contributed by atoms with E-state index < -0.39 is 16.7 Å². The summed E-state index contributed by atoms with van der Waals surface area (Å²) in [6, 6.07) is 3.37. The number of morpholine rings is 1. The molecular formula is C16H21N5O6. The van der Waals surface area contributed by atoms with E-state index in [9.17, 15) is 24.8 Å². The van der Waals surface area contributed by atoms with Crippen molar-refractivity contribution in [1.82, 2.24) is 15.6 Å². The lowest BCUT2D eigenvalue weighted by Crippen LogP contribution is -2.40. The van der Waals surface area contributed by atoms with Gasteiger partial charge in [0.2, 0.25) is 0 Å². The SMILES string of the molecule is O=C(NCCCN1CCOCC1)C(=O)N/N=C\c1cc([N+](=O)[O-])ccc1O. The molecule has 1 heterocycles. The van der Waals surface area contributed by atoms with Gasteiger partial charge in [0.05, 0.1) is 24.4 Å². The topological polar surface area (TPSA) is 146 Å². The quantitative estimate of drug-likeness (QED) is 0.192. The summed E-state index contributed by atoms with van der Waals surface area (Å²) in [4.78, 5) is 35.6. The predicted molar refractivity (Wildman–Crippen MR) is 95.4 cm³/mol. The van der Waals surface area contributed by atoms with Crippen LogP contribution in [0.4, 0.5) is 5.69 Å². The molecular weight excluding hydrogens is 358 g/mol. The van der Waals surface area contributed by atoms with E-state index in [0.29, 0.717) is 26.2 Å². The van der Waals surface area contributed by atoms with Crippen LogP contribution in [0.1, 0.15) is 12.0 Å². The van der Waals surface area contributed by atoms with E-state index in [1.54, 1.807) is 0 Å². The number of hydrogen-bond acceptors (Lipinski definition) is 8. The number of phenols is 1. The minimum atomic E-state index is -0.970. The zero-order valence-corrected chi connectivity index (χ0v) is 14.6. The van der Waals surface area contributed by atoms with Crippen LogP contribution in [0.25, 0.3) is 0 Å². The molecule has 3 N–H and O–H groups in total. The number of nitrogens with one attached hydrogen (secondary N) is 2. The van der Waals surface area contributed by atoms with Gasteiger partial charge in [0.15, 0.2) is 0 Å². The summed E-state index contributed by atoms with van der Waals surface area (Å²) in [6.07, 6.45) is 1.72. The maximum atomic E-state index is 11.7. The number of hydrogen-bond donors (Lipinski definition) is 3. The average molecular weight is 379 g/mol. The summed E-state index contributed by atoms with van der Waals surface area (Å²) in [5.41, 5.74) is 1.81. The second kappa shape index (κ2) is 10.2. The third kappa shape index (κ3) is 6.64. The summed E-state index contributed by atoms with van der Waals surface area (Å²) in [5, 5.41) is 26.4. The van der Waals surface area contributed by atoms with Crippen LogP contribution in [0.3, 0.4) is 0 Å². The highest BCUT2D eigenvalue weighted by molar-refractivity contribution is 6.35. The van der Waals surface area contributed by atoms with Crippen LogP contribution < -0.4 is 10.7 Å². The van der Waals surface area contributed by atoms with Crippen LogP contribution in [0.5, 0.6) is 5.75 Å². The van der Waals surface area contributed by atoms with Gasteiger partial charge in [-0.15, -0.1) is 0 Å². The number of non-ortho nitro benzene ring substituents is 1. The Morgan fingerprint density at radius 3 is 2.78 bits per heavy atom. The highest BCUT2D eigenvalue weighted by Gasteiger charge is 2.14. The fourth-order valence-electron chi connectivity index (χ4n) is 2.38. The lowest BCUT2D eigenvalue weighted by Gasteiger charge is -2.26. The van der Waals surface area contributed by atoms with E-state index in [4.69, 9.17) is 4.74 Å². The number of amides is 2. The van der Waals surface area contributed by atoms with E-state index in [1.165, 1.54) is 0 Å². The normalized spacial score (nSPS) is 14.8. The fraction of sp³-hybridized carbons (Fsp3) is 0.438. The van der Waals surface area contributed by atoms with Gasteiger partial charge in [-0.3, -0.25) is 24.6 Å². The minimum absolute atomic E-state index is 0.0374. The second-order valence-electron chi connectivity index (χ2n) is 5.76. The van der Waals surface area contributed by atoms with Crippen molar-refractivity contribution in [2.75, 3.05) is 39.4 Å². The molecule has 146 valence electrons. The number of nitrogens with zero attached hydrogens (tertiary/aromatic N) is 3. The lowest BCUT2D eigenvalue weighted by molar-refractivity contribution is -0.384. The first-order valence-electron chi connectivity index (χ1n) is 8.36. The molecule has 0 radical (unpaired) electrons. The van der Waals surface area contributed by atoms with Crippen molar-refractivity contribution < 1.29 is 24.4 Å². The van der Waals surface area contributed by atoms with Gasteiger partial charge >= 0.3 is 11.8 Å². The molecule has 2 rings (SSSR count). The van der Waals surface area contributed by atoms with Crippen molar-refractivity contribution in [3.63, 3.8) is 0 Å². The van der Waals surface area contributed by atoms with E-state index >= 15 is 0 Å². The molecule has 27 heavy (non-hydrogen) atoms. The number of nitro benzene ring substituents is 1. The summed E-state index contributed by atoms with van der Waals surface area (Å²) in [5.74, 6) is -2.05. The molecule has 0 aliphatic carbocycles. The monoisotopic (exact) mass is 379 g/mol. The van der Waals surface area contributed by atoms with E-state index in [2.05, 4.69) is 15.3 Å². The largest absolute Gasteiger partial charge is 0.507 e. The third-order valence-corrected chi connectivity index (χ3v) is 3.84. The van der Waals surface area contributed by atoms with Crippen molar-refractivity contribution >= 4 is 23.7 Å². The maximum Gasteiger partial charge on any atom is 0.329 e. The molecule has 0 atom stereocenters. The molecule has 1 aromatic carbocycles. The number of hydrazone groups is 1. The van der Waals surface area contributed by atoms with E-state index in [0.717, 1.165) is 44.0 Å². The first-order chi connectivity index (χ1) is 13.0. The Balaban J connectivity index is 1.72. The Labute approximate surface area is 155 Å². The minimum Gasteiger partial charge on any atom is -0.507 e. The number of aromatic hydroxyl groups is 1. The van der Waals surface area contributed by atoms with Gasteiger partial charge in [-0.25, -0.2) is 5.43 Å². The standard InChI is InChI=1S/C16H21N5O6/c22-14-3-2-13(21(25)26)10-12(14)11-18-19-16(24)15(23)17-4-1-5-20-6-8-27-9-7-20/h2-3,10-11,22H,1,4-9H2,(H,17,23)(H,19,24)/b18-11-. The van der Waals surface area contributed by atoms with Gasteiger partial charge in [-0.1, -0.05) is 0 Å². The zero-order chi connectivity index (χ0) is 19.6. The molecule has 1 aliphatic heterocycles. The smallest absolute Gasteiger partial charge is 0.329 e. The molecule has 0 saturated carbocycles. The molecule has 1 aromatic rings. The maximum absolute atomic E-state index is 11.7. The van der Waals surface area contributed by atoms with Crippen LogP contribution in [-0.4, -0.2) is 72.4 Å². The van der Waals surface area contributed by atoms with Crippen LogP contribution in [0.15, 0.2) is 23.3 Å². The summed E-state index contributed by atoms with van der Waals surface area (Å²) < 4.78 is 5.24. The van der Waals surface area contributed by atoms with Gasteiger partial charge in [-0.2, -0.15) is 5.10 Å². The van der Waals surface area contributed by atoms with Crippen molar-refractivity contribution in [2.45, 2.75) is 6.42 Å². The summed E-state index contributed by atoms with van der Waals surface area (Å²) in [6.45, 7) is 4.26. The van der Waals surface area contributed by atoms with Crippen LogP contribution in [0, 0.1) is 10.1 Å². The Morgan fingerprint density at radius 2 is 2.07 bits per heavy atom. The van der Waals surface area contributed by atoms with Gasteiger partial charge in [0, 0.05) is 37.3 Å². The van der Waals surface area contributed by atoms with E-state index in [-0.39, 0.29) is 17.0 Å². The lowest BCUT2D eigenvalue weighted by atomic mass is 10.2.